The summed E-state index contributed by atoms with van der Waals surface area (Å²) in [6.07, 6.45) is 1.56. The molecule has 0 atom stereocenters. The molecule has 0 spiro atoms. The molecule has 2 aromatic carbocycles. The third-order valence-electron chi connectivity index (χ3n) is 6.01. The van der Waals surface area contributed by atoms with Crippen LogP contribution in [0.5, 0.6) is 0 Å². The Morgan fingerprint density at radius 1 is 1.20 bits per heavy atom. The zero-order valence-corrected chi connectivity index (χ0v) is 19.4. The summed E-state index contributed by atoms with van der Waals surface area (Å²) in [5.74, 6) is -0.425. The Bertz CT molecular complexity index is 1310. The second-order valence-electron chi connectivity index (χ2n) is 9.06. The van der Waals surface area contributed by atoms with Crippen molar-refractivity contribution in [2.75, 3.05) is 24.3 Å². The lowest BCUT2D eigenvalue weighted by Crippen LogP contribution is -2.18. The number of aliphatic imine (C=N–C) groups is 1. The Balaban J connectivity index is 1.49. The van der Waals surface area contributed by atoms with Crippen LogP contribution < -0.4 is 15.5 Å². The van der Waals surface area contributed by atoms with Gasteiger partial charge in [-0.3, -0.25) is 9.79 Å². The number of amides is 1. The molecule has 182 valence electrons. The highest BCUT2D eigenvalue weighted by atomic mass is 19.4. The molecule has 1 aliphatic heterocycles. The van der Waals surface area contributed by atoms with E-state index in [1.54, 1.807) is 18.8 Å². The van der Waals surface area contributed by atoms with Crippen LogP contribution >= 0.6 is 0 Å². The van der Waals surface area contributed by atoms with E-state index in [1.807, 2.05) is 36.7 Å². The zero-order chi connectivity index (χ0) is 24.7. The van der Waals surface area contributed by atoms with Crippen LogP contribution in [0.15, 0.2) is 53.8 Å². The van der Waals surface area contributed by atoms with Crippen molar-refractivity contribution in [2.24, 2.45) is 4.99 Å². The summed E-state index contributed by atoms with van der Waals surface area (Å²) in [7, 11) is 3.08. The maximum absolute atomic E-state index is 13.6. The molecular formula is C25H25F3N6O. The van der Waals surface area contributed by atoms with E-state index in [4.69, 9.17) is 0 Å². The second kappa shape index (κ2) is 8.84. The predicted octanol–water partition coefficient (Wildman–Crippen LogP) is 4.67. The first-order valence-electron chi connectivity index (χ1n) is 11.3. The average molecular weight is 483 g/mol. The largest absolute Gasteiger partial charge is 0.418 e. The molecule has 1 saturated carbocycles. The van der Waals surface area contributed by atoms with Crippen molar-refractivity contribution in [3.05, 3.63) is 65.5 Å². The first kappa shape index (κ1) is 23.1. The van der Waals surface area contributed by atoms with E-state index in [2.05, 4.69) is 20.7 Å². The number of hydrogen-bond donors (Lipinski definition) is 2. The quantitative estimate of drug-likeness (QED) is 0.536. The number of nitrogens with zero attached hydrogens (tertiary/aromatic N) is 4. The molecule has 1 amide bonds. The van der Waals surface area contributed by atoms with Gasteiger partial charge in [0.05, 0.1) is 46.6 Å². The number of anilines is 2. The van der Waals surface area contributed by atoms with Gasteiger partial charge in [-0.15, -0.1) is 0 Å². The minimum absolute atomic E-state index is 0.0203. The third-order valence-corrected chi connectivity index (χ3v) is 6.01. The number of carbonyl (C=O) groups is 1. The van der Waals surface area contributed by atoms with Crippen LogP contribution in [0, 0.1) is 0 Å². The number of halogens is 3. The van der Waals surface area contributed by atoms with E-state index in [1.165, 1.54) is 23.8 Å². The molecule has 7 nitrogen and oxygen atoms in total. The maximum Gasteiger partial charge on any atom is 0.418 e. The Morgan fingerprint density at radius 2 is 2.00 bits per heavy atom. The SMILES string of the molecule is CN(C)c1cc2c(cc1C(F)(F)F)NC(=O)CC(c1cccc(-n3cc(CNC4CC4)cn3)c1)=N2. The fourth-order valence-corrected chi connectivity index (χ4v) is 4.04. The van der Waals surface area contributed by atoms with Gasteiger partial charge in [-0.25, -0.2) is 4.68 Å². The van der Waals surface area contributed by atoms with Crippen molar-refractivity contribution in [1.29, 1.82) is 0 Å². The molecule has 2 aliphatic rings. The number of alkyl halides is 3. The van der Waals surface area contributed by atoms with Gasteiger partial charge in [-0.2, -0.15) is 18.3 Å². The van der Waals surface area contributed by atoms with Gasteiger partial charge >= 0.3 is 6.18 Å². The summed E-state index contributed by atoms with van der Waals surface area (Å²) in [6.45, 7) is 0.752. The van der Waals surface area contributed by atoms with E-state index >= 15 is 0 Å². The van der Waals surface area contributed by atoms with Crippen molar-refractivity contribution in [1.82, 2.24) is 15.1 Å². The average Bonchev–Trinajstić information content (AvgIpc) is 3.55. The Hall–Kier alpha value is -3.66. The highest BCUT2D eigenvalue weighted by Gasteiger charge is 2.36. The van der Waals surface area contributed by atoms with Gasteiger partial charge in [0.1, 0.15) is 0 Å². The monoisotopic (exact) mass is 482 g/mol. The van der Waals surface area contributed by atoms with Crippen molar-refractivity contribution in [3.63, 3.8) is 0 Å². The molecule has 0 radical (unpaired) electrons. The number of benzene rings is 2. The third kappa shape index (κ3) is 5.07. The molecule has 0 bridgehead atoms. The van der Waals surface area contributed by atoms with Gasteiger partial charge in [0.2, 0.25) is 5.91 Å². The van der Waals surface area contributed by atoms with Crippen LogP contribution in [0.25, 0.3) is 5.69 Å². The first-order chi connectivity index (χ1) is 16.7. The van der Waals surface area contributed by atoms with Gasteiger partial charge < -0.3 is 15.5 Å². The highest BCUT2D eigenvalue weighted by Crippen LogP contribution is 2.42. The van der Waals surface area contributed by atoms with Gasteiger partial charge in [0, 0.05) is 38.4 Å². The number of aromatic nitrogens is 2. The standard InChI is InChI=1S/C25H25F3N6O/c1-33(2)23-10-22-21(9-19(23)25(26,27)28)32-24(35)11-20(31-22)16-4-3-5-18(8-16)34-14-15(13-30-34)12-29-17-6-7-17/h3-5,8-10,13-14,17,29H,6-7,11-12H2,1-2H3,(H,32,35). The molecule has 1 aromatic heterocycles. The Morgan fingerprint density at radius 3 is 2.71 bits per heavy atom. The van der Waals surface area contributed by atoms with E-state index in [-0.39, 0.29) is 23.5 Å². The Labute approximate surface area is 200 Å². The van der Waals surface area contributed by atoms with Gasteiger partial charge in [-0.05, 0) is 42.7 Å². The number of fused-ring (bicyclic) bond motifs is 1. The van der Waals surface area contributed by atoms with Crippen LogP contribution in [-0.4, -0.2) is 41.5 Å². The van der Waals surface area contributed by atoms with E-state index in [9.17, 15) is 18.0 Å². The molecule has 35 heavy (non-hydrogen) atoms. The lowest BCUT2D eigenvalue weighted by atomic mass is 10.1. The number of nitrogens with one attached hydrogen (secondary N) is 2. The van der Waals surface area contributed by atoms with E-state index < -0.39 is 17.6 Å². The predicted molar refractivity (Wildman–Crippen MR) is 129 cm³/mol. The fourth-order valence-electron chi connectivity index (χ4n) is 4.04. The lowest BCUT2D eigenvalue weighted by Gasteiger charge is -2.21. The number of carbonyl (C=O) groups excluding carboxylic acids is 1. The smallest absolute Gasteiger partial charge is 0.377 e. The van der Waals surface area contributed by atoms with E-state index in [0.717, 1.165) is 23.9 Å². The molecular weight excluding hydrogens is 457 g/mol. The van der Waals surface area contributed by atoms with E-state index in [0.29, 0.717) is 17.3 Å². The first-order valence-corrected chi connectivity index (χ1v) is 11.3. The van der Waals surface area contributed by atoms with Gasteiger partial charge in [-0.1, -0.05) is 12.1 Å². The molecule has 10 heteroatoms. The summed E-state index contributed by atoms with van der Waals surface area (Å²) in [4.78, 5) is 18.6. The van der Waals surface area contributed by atoms with Crippen molar-refractivity contribution in [2.45, 2.75) is 38.0 Å². The zero-order valence-electron chi connectivity index (χ0n) is 19.4. The summed E-state index contributed by atoms with van der Waals surface area (Å²) >= 11 is 0. The van der Waals surface area contributed by atoms with Crippen LogP contribution in [0.2, 0.25) is 0 Å². The molecule has 0 unspecified atom stereocenters. The van der Waals surface area contributed by atoms with Gasteiger partial charge in [0.15, 0.2) is 0 Å². The van der Waals surface area contributed by atoms with Crippen molar-refractivity contribution >= 4 is 28.7 Å². The van der Waals surface area contributed by atoms with Crippen molar-refractivity contribution in [3.8, 4) is 5.69 Å². The normalized spacial score (nSPS) is 15.8. The minimum atomic E-state index is -4.57. The van der Waals surface area contributed by atoms with Crippen LogP contribution in [0.3, 0.4) is 0 Å². The van der Waals surface area contributed by atoms with Gasteiger partial charge in [0.25, 0.3) is 0 Å². The molecule has 1 fully saturated rings. The molecule has 1 aliphatic carbocycles. The molecule has 3 aromatic rings. The summed E-state index contributed by atoms with van der Waals surface area (Å²) in [6, 6.07) is 10.4. The van der Waals surface area contributed by atoms with Crippen LogP contribution in [0.1, 0.15) is 36.0 Å². The number of hydrogen-bond acceptors (Lipinski definition) is 5. The summed E-state index contributed by atoms with van der Waals surface area (Å²) in [5.41, 5.74) is 2.51. The summed E-state index contributed by atoms with van der Waals surface area (Å²) in [5, 5.41) is 10.5. The lowest BCUT2D eigenvalue weighted by molar-refractivity contribution is -0.137. The Kier molecular flexibility index (Phi) is 5.84. The van der Waals surface area contributed by atoms with Crippen LogP contribution in [-0.2, 0) is 17.5 Å². The molecule has 0 saturated heterocycles. The minimum Gasteiger partial charge on any atom is -0.377 e. The van der Waals surface area contributed by atoms with Crippen molar-refractivity contribution < 1.29 is 18.0 Å². The second-order valence-corrected chi connectivity index (χ2v) is 9.06. The molecule has 5 rings (SSSR count). The highest BCUT2D eigenvalue weighted by molar-refractivity contribution is 6.17. The summed E-state index contributed by atoms with van der Waals surface area (Å²) < 4.78 is 42.7. The number of rotatable bonds is 6. The van der Waals surface area contributed by atoms with Crippen LogP contribution in [0.4, 0.5) is 30.2 Å². The fraction of sp³-hybridized carbons (Fsp3) is 0.320. The molecule has 2 N–H and O–H groups in total. The maximum atomic E-state index is 13.6. The topological polar surface area (TPSA) is 74.6 Å². The molecule has 2 heterocycles.